The summed E-state index contributed by atoms with van der Waals surface area (Å²) in [4.78, 5) is 27.8. The molecule has 6 heteroatoms. The number of rotatable bonds is 4. The number of benzene rings is 1. The quantitative estimate of drug-likeness (QED) is 0.780. The zero-order valence-electron chi connectivity index (χ0n) is 16.1. The van der Waals surface area contributed by atoms with Crippen molar-refractivity contribution in [3.05, 3.63) is 34.9 Å². The molecule has 0 N–H and O–H groups in total. The molecule has 1 aromatic rings. The van der Waals surface area contributed by atoms with Crippen LogP contribution >= 0.6 is 11.6 Å². The molecule has 0 bridgehead atoms. The molecule has 2 amide bonds. The monoisotopic (exact) mass is 380 g/mol. The Labute approximate surface area is 161 Å². The van der Waals surface area contributed by atoms with Crippen LogP contribution in [-0.4, -0.2) is 47.0 Å². The first-order valence-corrected chi connectivity index (χ1v) is 9.50. The van der Waals surface area contributed by atoms with E-state index in [0.717, 1.165) is 18.4 Å². The predicted octanol–water partition coefficient (Wildman–Crippen LogP) is 4.34. The maximum absolute atomic E-state index is 12.1. The first-order valence-electron chi connectivity index (χ1n) is 9.12. The summed E-state index contributed by atoms with van der Waals surface area (Å²) in [5.74, 6) is 0.458. The number of carbonyl (C=O) groups excluding carboxylic acids is 2. The van der Waals surface area contributed by atoms with Crippen LogP contribution in [-0.2, 0) is 16.1 Å². The molecule has 0 unspecified atom stereocenters. The van der Waals surface area contributed by atoms with Crippen LogP contribution in [0.5, 0.6) is 0 Å². The van der Waals surface area contributed by atoms with Gasteiger partial charge in [0.2, 0.25) is 5.91 Å². The molecule has 1 fully saturated rings. The Hall–Kier alpha value is -1.75. The lowest BCUT2D eigenvalue weighted by atomic mass is 9.96. The molecule has 0 atom stereocenters. The van der Waals surface area contributed by atoms with Crippen molar-refractivity contribution in [2.24, 2.45) is 5.92 Å². The highest BCUT2D eigenvalue weighted by Gasteiger charge is 2.28. The number of hydrogen-bond donors (Lipinski definition) is 0. The van der Waals surface area contributed by atoms with Crippen LogP contribution in [0.15, 0.2) is 24.3 Å². The normalized spacial score (nSPS) is 15.7. The van der Waals surface area contributed by atoms with Crippen molar-refractivity contribution in [3.63, 3.8) is 0 Å². The number of nitrogens with zero attached hydrogens (tertiary/aromatic N) is 2. The minimum Gasteiger partial charge on any atom is -0.444 e. The fourth-order valence-corrected chi connectivity index (χ4v) is 3.18. The number of carbonyl (C=O) groups is 2. The summed E-state index contributed by atoms with van der Waals surface area (Å²) in [7, 11) is 0. The first kappa shape index (κ1) is 20.6. The summed E-state index contributed by atoms with van der Waals surface area (Å²) in [5.41, 5.74) is 0.591. The molecule has 0 saturated carbocycles. The van der Waals surface area contributed by atoms with E-state index in [1.807, 2.05) is 49.9 Å². The van der Waals surface area contributed by atoms with Crippen LogP contribution in [0.4, 0.5) is 4.79 Å². The molecule has 1 heterocycles. The fraction of sp³-hybridized carbons (Fsp3) is 0.600. The van der Waals surface area contributed by atoms with Crippen LogP contribution < -0.4 is 0 Å². The van der Waals surface area contributed by atoms with Gasteiger partial charge in [-0.05, 0) is 57.2 Å². The number of piperidine rings is 1. The van der Waals surface area contributed by atoms with Crippen LogP contribution in [0.25, 0.3) is 0 Å². The van der Waals surface area contributed by atoms with Gasteiger partial charge in [-0.25, -0.2) is 4.79 Å². The van der Waals surface area contributed by atoms with E-state index in [1.54, 1.807) is 11.8 Å². The lowest BCUT2D eigenvalue weighted by Crippen LogP contribution is -2.44. The summed E-state index contributed by atoms with van der Waals surface area (Å²) in [6, 6.07) is 7.58. The van der Waals surface area contributed by atoms with E-state index in [-0.39, 0.29) is 12.0 Å². The average molecular weight is 381 g/mol. The van der Waals surface area contributed by atoms with Crippen LogP contribution in [0.2, 0.25) is 5.02 Å². The number of ether oxygens (including phenoxy) is 1. The zero-order chi connectivity index (χ0) is 19.3. The van der Waals surface area contributed by atoms with E-state index in [1.165, 1.54) is 0 Å². The Balaban J connectivity index is 1.86. The Morgan fingerprint density at radius 2 is 1.77 bits per heavy atom. The maximum atomic E-state index is 12.1. The average Bonchev–Trinajstić information content (AvgIpc) is 2.55. The minimum absolute atomic E-state index is 0.0644. The minimum atomic E-state index is -0.474. The van der Waals surface area contributed by atoms with Crippen molar-refractivity contribution in [2.75, 3.05) is 19.6 Å². The number of hydrogen-bond acceptors (Lipinski definition) is 3. The molecule has 1 saturated heterocycles. The summed E-state index contributed by atoms with van der Waals surface area (Å²) in [6.45, 7) is 9.86. The van der Waals surface area contributed by atoms with Gasteiger partial charge in [0.15, 0.2) is 0 Å². The van der Waals surface area contributed by atoms with Gasteiger partial charge >= 0.3 is 6.09 Å². The molecule has 1 aromatic carbocycles. The molecule has 1 aliphatic heterocycles. The molecule has 0 aliphatic carbocycles. The second-order valence-corrected chi connectivity index (χ2v) is 8.37. The third-order valence-corrected chi connectivity index (χ3v) is 4.73. The number of likely N-dealkylation sites (tertiary alicyclic amines) is 1. The highest BCUT2D eigenvalue weighted by molar-refractivity contribution is 6.30. The Morgan fingerprint density at radius 1 is 1.19 bits per heavy atom. The third kappa shape index (κ3) is 6.52. The predicted molar refractivity (Wildman–Crippen MR) is 103 cm³/mol. The van der Waals surface area contributed by atoms with Gasteiger partial charge in [-0.3, -0.25) is 4.79 Å². The Bertz CT molecular complexity index is 617. The van der Waals surface area contributed by atoms with Gasteiger partial charge in [0.1, 0.15) is 5.60 Å². The Morgan fingerprint density at radius 3 is 2.27 bits per heavy atom. The van der Waals surface area contributed by atoms with Gasteiger partial charge in [-0.15, -0.1) is 0 Å². The van der Waals surface area contributed by atoms with Crippen molar-refractivity contribution >= 4 is 23.6 Å². The zero-order valence-corrected chi connectivity index (χ0v) is 16.9. The van der Waals surface area contributed by atoms with E-state index in [2.05, 4.69) is 0 Å². The molecule has 0 radical (unpaired) electrons. The van der Waals surface area contributed by atoms with E-state index < -0.39 is 5.60 Å². The smallest absolute Gasteiger partial charge is 0.410 e. The van der Waals surface area contributed by atoms with Crippen LogP contribution in [0.1, 0.15) is 46.1 Å². The third-order valence-electron chi connectivity index (χ3n) is 4.48. The number of amides is 2. The van der Waals surface area contributed by atoms with Crippen molar-refractivity contribution in [1.29, 1.82) is 0 Å². The summed E-state index contributed by atoms with van der Waals surface area (Å²) < 4.78 is 5.43. The maximum Gasteiger partial charge on any atom is 0.410 e. The van der Waals surface area contributed by atoms with Crippen LogP contribution in [0, 0.1) is 5.92 Å². The van der Waals surface area contributed by atoms with Crippen molar-refractivity contribution in [2.45, 2.75) is 52.7 Å². The second kappa shape index (κ2) is 8.76. The molecule has 144 valence electrons. The van der Waals surface area contributed by atoms with Crippen molar-refractivity contribution in [3.8, 4) is 0 Å². The topological polar surface area (TPSA) is 49.9 Å². The molecule has 2 rings (SSSR count). The lowest BCUT2D eigenvalue weighted by molar-refractivity contribution is -0.130. The van der Waals surface area contributed by atoms with Gasteiger partial charge in [0, 0.05) is 38.1 Å². The Kier molecular flexibility index (Phi) is 6.93. The number of halogens is 1. The molecular weight excluding hydrogens is 352 g/mol. The largest absolute Gasteiger partial charge is 0.444 e. The van der Waals surface area contributed by atoms with Gasteiger partial charge in [0.05, 0.1) is 0 Å². The summed E-state index contributed by atoms with van der Waals surface area (Å²) >= 11 is 5.92. The van der Waals surface area contributed by atoms with E-state index in [4.69, 9.17) is 16.3 Å². The van der Waals surface area contributed by atoms with Crippen LogP contribution in [0.3, 0.4) is 0 Å². The summed E-state index contributed by atoms with van der Waals surface area (Å²) in [5, 5.41) is 0.692. The summed E-state index contributed by atoms with van der Waals surface area (Å²) in [6.07, 6.45) is 1.51. The molecule has 5 nitrogen and oxygen atoms in total. The molecule has 26 heavy (non-hydrogen) atoms. The lowest BCUT2D eigenvalue weighted by Gasteiger charge is -2.35. The standard InChI is InChI=1S/C20H29ClN2O3/c1-15(24)23(13-16-5-7-18(21)8-6-16)14-17-9-11-22(12-10-17)19(25)26-20(2,3)4/h5-8,17H,9-14H2,1-4H3. The molecule has 1 aliphatic rings. The van der Waals surface area contributed by atoms with Gasteiger partial charge in [-0.2, -0.15) is 0 Å². The SMILES string of the molecule is CC(=O)N(Cc1ccc(Cl)cc1)CC1CCN(C(=O)OC(C)(C)C)CC1. The van der Waals surface area contributed by atoms with Gasteiger partial charge < -0.3 is 14.5 Å². The molecule has 0 spiro atoms. The first-order chi connectivity index (χ1) is 12.1. The van der Waals surface area contributed by atoms with Crippen molar-refractivity contribution < 1.29 is 14.3 Å². The van der Waals surface area contributed by atoms with E-state index in [0.29, 0.717) is 37.1 Å². The fourth-order valence-electron chi connectivity index (χ4n) is 3.05. The highest BCUT2D eigenvalue weighted by atomic mass is 35.5. The molecule has 0 aromatic heterocycles. The van der Waals surface area contributed by atoms with E-state index in [9.17, 15) is 9.59 Å². The van der Waals surface area contributed by atoms with E-state index >= 15 is 0 Å². The van der Waals surface area contributed by atoms with Gasteiger partial charge in [0.25, 0.3) is 0 Å². The van der Waals surface area contributed by atoms with Crippen molar-refractivity contribution in [1.82, 2.24) is 9.80 Å². The highest BCUT2D eigenvalue weighted by Crippen LogP contribution is 2.22. The molecular formula is C20H29ClN2O3. The second-order valence-electron chi connectivity index (χ2n) is 7.94. The van der Waals surface area contributed by atoms with Gasteiger partial charge in [-0.1, -0.05) is 23.7 Å².